The van der Waals surface area contributed by atoms with Gasteiger partial charge >= 0.3 is 19.8 Å². The Balaban J connectivity index is 4.26. The van der Waals surface area contributed by atoms with Crippen LogP contribution >= 0.6 is 7.82 Å². The van der Waals surface area contributed by atoms with Crippen LogP contribution in [-0.4, -0.2) is 41.0 Å². The molecule has 0 saturated heterocycles. The predicted molar refractivity (Wildman–Crippen MR) is 179 cm³/mol. The number of carbonyl (C=O) groups excluding carboxylic acids is 2. The predicted octanol–water partition coefficient (Wildman–Crippen LogP) is 9.62. The van der Waals surface area contributed by atoms with E-state index >= 15 is 0 Å². The van der Waals surface area contributed by atoms with Crippen LogP contribution in [0.25, 0.3) is 0 Å². The van der Waals surface area contributed by atoms with Crippen molar-refractivity contribution in [3.8, 4) is 0 Å². The Morgan fingerprint density at radius 3 is 1.43 bits per heavy atom. The first-order valence-corrected chi connectivity index (χ1v) is 18.5. The molecule has 0 heterocycles. The Kier molecular flexibility index (Phi) is 29.6. The Labute approximate surface area is 267 Å². The monoisotopic (exact) mass is 640 g/mol. The van der Waals surface area contributed by atoms with Gasteiger partial charge in [0.2, 0.25) is 0 Å². The number of phosphoric acid groups is 1. The van der Waals surface area contributed by atoms with Crippen LogP contribution in [0.5, 0.6) is 0 Å². The van der Waals surface area contributed by atoms with E-state index in [2.05, 4.69) is 18.4 Å². The molecule has 0 fully saturated rings. The smallest absolute Gasteiger partial charge is 0.458 e. The zero-order valence-corrected chi connectivity index (χ0v) is 28.4. The first kappa shape index (κ1) is 42.0. The summed E-state index contributed by atoms with van der Waals surface area (Å²) < 4.78 is 25.8. The van der Waals surface area contributed by atoms with E-state index in [0.717, 1.165) is 25.7 Å². The molecule has 44 heavy (non-hydrogen) atoms. The zero-order valence-electron chi connectivity index (χ0n) is 27.5. The number of unbranched alkanes of at least 4 members (excludes halogenated alkanes) is 18. The zero-order chi connectivity index (χ0) is 32.6. The minimum absolute atomic E-state index is 0.403. The maximum atomic E-state index is 12.2. The number of ether oxygens (including phenoxy) is 2. The Hall–Kier alpha value is -1.99. The highest BCUT2D eigenvalue weighted by molar-refractivity contribution is 7.46. The van der Waals surface area contributed by atoms with Crippen LogP contribution in [-0.2, 0) is 28.2 Å². The summed E-state index contributed by atoms with van der Waals surface area (Å²) in [6.45, 7) is 3.44. The number of allylic oxidation sites excluding steroid dienone is 6. The van der Waals surface area contributed by atoms with Gasteiger partial charge in [0.1, 0.15) is 6.61 Å². The molecular formula is C35H61O8P. The molecule has 0 spiro atoms. The summed E-state index contributed by atoms with van der Waals surface area (Å²) in [7, 11) is -4.79. The molecule has 0 aliphatic rings. The van der Waals surface area contributed by atoms with E-state index in [1.54, 1.807) is 24.3 Å². The van der Waals surface area contributed by atoms with E-state index in [0.29, 0.717) is 0 Å². The average molecular weight is 641 g/mol. The van der Waals surface area contributed by atoms with E-state index in [1.165, 1.54) is 115 Å². The van der Waals surface area contributed by atoms with Crippen LogP contribution in [0.4, 0.5) is 0 Å². The maximum Gasteiger partial charge on any atom is 0.469 e. The molecule has 0 aliphatic carbocycles. The molecule has 0 aromatic heterocycles. The SMILES string of the molecule is CCCCCCCCCCCC=CC=CC(=O)OC[C@H](COP(=O)(O)O)OC(=O)C=CC=CCCCCCCCCCCC. The lowest BCUT2D eigenvalue weighted by Gasteiger charge is -2.17. The molecule has 8 nitrogen and oxygen atoms in total. The summed E-state index contributed by atoms with van der Waals surface area (Å²) in [6, 6.07) is 0. The van der Waals surface area contributed by atoms with E-state index in [1.807, 2.05) is 12.2 Å². The second kappa shape index (κ2) is 31.0. The lowest BCUT2D eigenvalue weighted by molar-refractivity contribution is -0.154. The van der Waals surface area contributed by atoms with Crippen molar-refractivity contribution in [2.24, 2.45) is 0 Å². The molecule has 0 rings (SSSR count). The molecule has 0 aliphatic heterocycles. The van der Waals surface area contributed by atoms with Crippen LogP contribution < -0.4 is 0 Å². The van der Waals surface area contributed by atoms with E-state index < -0.39 is 39.1 Å². The van der Waals surface area contributed by atoms with Gasteiger partial charge in [0, 0.05) is 12.2 Å². The Morgan fingerprint density at radius 2 is 1.00 bits per heavy atom. The lowest BCUT2D eigenvalue weighted by atomic mass is 10.1. The molecule has 1 atom stereocenters. The quantitative estimate of drug-likeness (QED) is 0.0262. The van der Waals surface area contributed by atoms with Gasteiger partial charge in [-0.15, -0.1) is 0 Å². The second-order valence-corrected chi connectivity index (χ2v) is 12.5. The van der Waals surface area contributed by atoms with Gasteiger partial charge in [-0.25, -0.2) is 14.2 Å². The summed E-state index contributed by atoms with van der Waals surface area (Å²) in [6.07, 6.45) is 36.7. The van der Waals surface area contributed by atoms with E-state index in [-0.39, 0.29) is 0 Å². The van der Waals surface area contributed by atoms with Crippen molar-refractivity contribution < 1.29 is 37.9 Å². The van der Waals surface area contributed by atoms with Gasteiger partial charge in [-0.2, -0.15) is 0 Å². The number of phosphoric ester groups is 1. The molecule has 0 saturated carbocycles. The summed E-state index contributed by atoms with van der Waals surface area (Å²) in [4.78, 5) is 42.2. The molecule has 0 amide bonds. The number of rotatable bonds is 30. The third kappa shape index (κ3) is 32.9. The van der Waals surface area contributed by atoms with Crippen molar-refractivity contribution in [1.82, 2.24) is 0 Å². The molecule has 0 unspecified atom stereocenters. The van der Waals surface area contributed by atoms with Crippen molar-refractivity contribution in [2.75, 3.05) is 13.2 Å². The highest BCUT2D eigenvalue weighted by Crippen LogP contribution is 2.35. The minimum Gasteiger partial charge on any atom is -0.458 e. The normalized spacial score (nSPS) is 13.1. The maximum absolute atomic E-state index is 12.2. The third-order valence-electron chi connectivity index (χ3n) is 7.03. The van der Waals surface area contributed by atoms with E-state index in [9.17, 15) is 14.2 Å². The number of carbonyl (C=O) groups is 2. The average Bonchev–Trinajstić information content (AvgIpc) is 2.98. The highest BCUT2D eigenvalue weighted by atomic mass is 31.2. The van der Waals surface area contributed by atoms with Gasteiger partial charge in [-0.05, 0) is 25.7 Å². The Morgan fingerprint density at radius 1 is 0.591 bits per heavy atom. The fraction of sp³-hybridized carbons (Fsp3) is 0.714. The first-order chi connectivity index (χ1) is 21.3. The molecule has 254 valence electrons. The van der Waals surface area contributed by atoms with Gasteiger partial charge in [0.05, 0.1) is 6.61 Å². The van der Waals surface area contributed by atoms with Crippen LogP contribution in [0.1, 0.15) is 142 Å². The third-order valence-corrected chi connectivity index (χ3v) is 7.52. The lowest BCUT2D eigenvalue weighted by Crippen LogP contribution is -2.28. The van der Waals surface area contributed by atoms with Gasteiger partial charge < -0.3 is 19.3 Å². The highest BCUT2D eigenvalue weighted by Gasteiger charge is 2.22. The fourth-order valence-electron chi connectivity index (χ4n) is 4.49. The summed E-state index contributed by atoms with van der Waals surface area (Å²) in [5, 5.41) is 0. The van der Waals surface area contributed by atoms with Crippen LogP contribution in [0.15, 0.2) is 48.6 Å². The van der Waals surface area contributed by atoms with E-state index in [4.69, 9.17) is 19.3 Å². The van der Waals surface area contributed by atoms with Crippen molar-refractivity contribution in [2.45, 2.75) is 148 Å². The van der Waals surface area contributed by atoms with Crippen LogP contribution in [0, 0.1) is 0 Å². The van der Waals surface area contributed by atoms with Crippen molar-refractivity contribution in [3.05, 3.63) is 48.6 Å². The molecule has 0 radical (unpaired) electrons. The van der Waals surface area contributed by atoms with Crippen LogP contribution in [0.2, 0.25) is 0 Å². The van der Waals surface area contributed by atoms with Gasteiger partial charge in [-0.3, -0.25) is 4.52 Å². The molecule has 0 aromatic rings. The van der Waals surface area contributed by atoms with Crippen molar-refractivity contribution in [3.63, 3.8) is 0 Å². The first-order valence-electron chi connectivity index (χ1n) is 17.0. The van der Waals surface area contributed by atoms with Crippen molar-refractivity contribution in [1.29, 1.82) is 0 Å². The largest absolute Gasteiger partial charge is 0.469 e. The van der Waals surface area contributed by atoms with Crippen molar-refractivity contribution >= 4 is 19.8 Å². The summed E-state index contributed by atoms with van der Waals surface area (Å²) >= 11 is 0. The number of hydrogen-bond donors (Lipinski definition) is 2. The van der Waals surface area contributed by atoms with Gasteiger partial charge in [-0.1, -0.05) is 153 Å². The number of hydrogen-bond acceptors (Lipinski definition) is 6. The Bertz CT molecular complexity index is 859. The molecule has 9 heteroatoms. The van der Waals surface area contributed by atoms with Crippen LogP contribution in [0.3, 0.4) is 0 Å². The molecule has 0 bridgehead atoms. The minimum atomic E-state index is -4.79. The topological polar surface area (TPSA) is 119 Å². The van der Waals surface area contributed by atoms with Gasteiger partial charge in [0.15, 0.2) is 6.10 Å². The van der Waals surface area contributed by atoms with Gasteiger partial charge in [0.25, 0.3) is 0 Å². The molecular weight excluding hydrogens is 579 g/mol. The second-order valence-electron chi connectivity index (χ2n) is 11.3. The fourth-order valence-corrected chi connectivity index (χ4v) is 4.85. The summed E-state index contributed by atoms with van der Waals surface area (Å²) in [5.41, 5.74) is 0. The molecule has 0 aromatic carbocycles. The number of esters is 2. The molecule has 2 N–H and O–H groups in total. The standard InChI is InChI=1S/C35H61O8P/c1-3-5-7-9-11-13-15-17-19-21-23-25-27-29-34(36)41-31-33(32-42-44(38,39)40)43-35(37)30-28-26-24-22-20-18-16-14-12-10-8-6-4-2/h23-30,33H,3-22,31-32H2,1-2H3,(H2,38,39,40)/t33-/m1/s1. The summed E-state index contributed by atoms with van der Waals surface area (Å²) in [5.74, 6) is -1.40.